The van der Waals surface area contributed by atoms with Crippen molar-refractivity contribution in [1.29, 1.82) is 0 Å². The van der Waals surface area contributed by atoms with Crippen LogP contribution in [-0.4, -0.2) is 17.4 Å². The van der Waals surface area contributed by atoms with Crippen LogP contribution in [0.5, 0.6) is 0 Å². The van der Waals surface area contributed by atoms with Crippen molar-refractivity contribution in [2.24, 2.45) is 0 Å². The van der Waals surface area contributed by atoms with E-state index in [1.54, 1.807) is 13.8 Å². The molecule has 0 bridgehead atoms. The molecule has 2 N–H and O–H groups in total. The van der Waals surface area contributed by atoms with E-state index in [9.17, 15) is 9.59 Å². The third-order valence-electron chi connectivity index (χ3n) is 1.85. The first-order valence-electron chi connectivity index (χ1n) is 4.62. The Morgan fingerprint density at radius 3 is 2.80 bits per heavy atom. The zero-order valence-electron chi connectivity index (χ0n) is 8.89. The van der Waals surface area contributed by atoms with Gasteiger partial charge in [0.05, 0.1) is 0 Å². The van der Waals surface area contributed by atoms with Crippen LogP contribution >= 0.6 is 0 Å². The second-order valence-corrected chi connectivity index (χ2v) is 3.53. The minimum Gasteiger partial charge on any atom is -0.364 e. The molecule has 0 unspecified atom stereocenters. The second-order valence-electron chi connectivity index (χ2n) is 3.53. The van der Waals surface area contributed by atoms with Gasteiger partial charge in [-0.15, -0.1) is 0 Å². The number of H-pyrrole nitrogens is 1. The highest BCUT2D eigenvalue weighted by atomic mass is 16.2. The smallest absolute Gasteiger partial charge is 0.256 e. The Morgan fingerprint density at radius 2 is 2.27 bits per heavy atom. The normalized spacial score (nSPS) is 9.73. The van der Waals surface area contributed by atoms with E-state index < -0.39 is 0 Å². The molecule has 1 heterocycles. The third kappa shape index (κ3) is 3.09. The van der Waals surface area contributed by atoms with Crippen molar-refractivity contribution in [2.75, 3.05) is 6.54 Å². The number of carbonyl (C=O) groups is 1. The minimum atomic E-state index is -0.376. The molecule has 0 spiro atoms. The number of amides is 1. The molecule has 0 fully saturated rings. The lowest BCUT2D eigenvalue weighted by atomic mass is 10.2. The van der Waals surface area contributed by atoms with Gasteiger partial charge in [0.1, 0.15) is 5.56 Å². The van der Waals surface area contributed by atoms with Gasteiger partial charge in [0, 0.05) is 24.5 Å². The third-order valence-corrected chi connectivity index (χ3v) is 1.85. The van der Waals surface area contributed by atoms with Crippen LogP contribution in [0.4, 0.5) is 0 Å². The molecule has 4 nitrogen and oxygen atoms in total. The number of hydrogen-bond donors (Lipinski definition) is 2. The van der Waals surface area contributed by atoms with Crippen LogP contribution in [0.2, 0.25) is 0 Å². The number of aromatic nitrogens is 1. The van der Waals surface area contributed by atoms with Gasteiger partial charge >= 0.3 is 0 Å². The van der Waals surface area contributed by atoms with Gasteiger partial charge < -0.3 is 10.3 Å². The maximum absolute atomic E-state index is 11.5. The Kier molecular flexibility index (Phi) is 3.44. The summed E-state index contributed by atoms with van der Waals surface area (Å²) in [5.41, 5.74) is 1.43. The predicted octanol–water partition coefficient (Wildman–Crippen LogP) is 0.989. The maximum Gasteiger partial charge on any atom is 0.256 e. The highest BCUT2D eigenvalue weighted by molar-refractivity contribution is 5.93. The zero-order chi connectivity index (χ0) is 11.4. The lowest BCUT2D eigenvalue weighted by molar-refractivity contribution is 0.0955. The number of rotatable bonds is 3. The molecular formula is C11H14N2O2. The molecule has 0 saturated heterocycles. The van der Waals surface area contributed by atoms with Crippen molar-refractivity contribution in [1.82, 2.24) is 10.3 Å². The fourth-order valence-electron chi connectivity index (χ4n) is 1.08. The summed E-state index contributed by atoms with van der Waals surface area (Å²) in [7, 11) is 0. The molecule has 1 aromatic heterocycles. The summed E-state index contributed by atoms with van der Waals surface area (Å²) in [5, 5.41) is 2.60. The van der Waals surface area contributed by atoms with Crippen LogP contribution in [-0.2, 0) is 0 Å². The highest BCUT2D eigenvalue weighted by Gasteiger charge is 2.08. The average molecular weight is 206 g/mol. The van der Waals surface area contributed by atoms with Crippen LogP contribution in [0.3, 0.4) is 0 Å². The van der Waals surface area contributed by atoms with Crippen molar-refractivity contribution < 1.29 is 4.79 Å². The molecule has 0 saturated carbocycles. The van der Waals surface area contributed by atoms with E-state index in [0.29, 0.717) is 6.54 Å². The molecule has 0 aliphatic heterocycles. The summed E-state index contributed by atoms with van der Waals surface area (Å²) < 4.78 is 0. The van der Waals surface area contributed by atoms with Crippen molar-refractivity contribution in [3.63, 3.8) is 0 Å². The van der Waals surface area contributed by atoms with E-state index in [1.807, 2.05) is 0 Å². The van der Waals surface area contributed by atoms with Gasteiger partial charge in [0.15, 0.2) is 5.43 Å². The van der Waals surface area contributed by atoms with Gasteiger partial charge in [-0.3, -0.25) is 9.59 Å². The Morgan fingerprint density at radius 1 is 1.60 bits per heavy atom. The van der Waals surface area contributed by atoms with Crippen LogP contribution in [0, 0.1) is 6.92 Å². The largest absolute Gasteiger partial charge is 0.364 e. The molecule has 0 atom stereocenters. The van der Waals surface area contributed by atoms with Crippen LogP contribution in [0.25, 0.3) is 0 Å². The molecule has 1 aromatic rings. The van der Waals surface area contributed by atoms with Gasteiger partial charge in [0.2, 0.25) is 0 Å². The van der Waals surface area contributed by atoms with Gasteiger partial charge in [-0.2, -0.15) is 0 Å². The highest BCUT2D eigenvalue weighted by Crippen LogP contribution is 1.92. The van der Waals surface area contributed by atoms with Crippen molar-refractivity contribution >= 4 is 5.91 Å². The summed E-state index contributed by atoms with van der Waals surface area (Å²) in [6.45, 7) is 7.60. The molecule has 15 heavy (non-hydrogen) atoms. The van der Waals surface area contributed by atoms with Crippen LogP contribution in [0.1, 0.15) is 23.0 Å². The van der Waals surface area contributed by atoms with Crippen molar-refractivity contribution in [3.05, 3.63) is 45.9 Å². The number of pyridine rings is 1. The predicted molar refractivity (Wildman–Crippen MR) is 58.9 cm³/mol. The van der Waals surface area contributed by atoms with Gasteiger partial charge in [0.25, 0.3) is 5.91 Å². The fourth-order valence-corrected chi connectivity index (χ4v) is 1.08. The Bertz CT molecular complexity index is 446. The van der Waals surface area contributed by atoms with Crippen molar-refractivity contribution in [3.8, 4) is 0 Å². The van der Waals surface area contributed by atoms with Crippen molar-refractivity contribution in [2.45, 2.75) is 13.8 Å². The van der Waals surface area contributed by atoms with Crippen LogP contribution in [0.15, 0.2) is 29.2 Å². The second kappa shape index (κ2) is 4.59. The quantitative estimate of drug-likeness (QED) is 0.724. The van der Waals surface area contributed by atoms with Gasteiger partial charge in [-0.05, 0) is 13.8 Å². The number of carbonyl (C=O) groups excluding carboxylic acids is 1. The summed E-state index contributed by atoms with van der Waals surface area (Å²) in [6.07, 6.45) is 1.42. The Labute approximate surface area is 88.0 Å². The van der Waals surface area contributed by atoms with E-state index in [-0.39, 0.29) is 16.9 Å². The number of hydrogen-bond acceptors (Lipinski definition) is 2. The topological polar surface area (TPSA) is 62.0 Å². The first kappa shape index (κ1) is 11.2. The molecule has 1 rings (SSSR count). The monoisotopic (exact) mass is 206 g/mol. The van der Waals surface area contributed by atoms with E-state index in [2.05, 4.69) is 16.9 Å². The van der Waals surface area contributed by atoms with Gasteiger partial charge in [-0.25, -0.2) is 0 Å². The minimum absolute atomic E-state index is 0.127. The molecular weight excluding hydrogens is 192 g/mol. The first-order valence-corrected chi connectivity index (χ1v) is 4.62. The Balaban J connectivity index is 2.83. The lowest BCUT2D eigenvalue weighted by Gasteiger charge is -2.04. The molecule has 0 aromatic carbocycles. The zero-order valence-corrected chi connectivity index (χ0v) is 8.89. The summed E-state index contributed by atoms with van der Waals surface area (Å²) in [4.78, 5) is 25.8. The van der Waals surface area contributed by atoms with E-state index >= 15 is 0 Å². The first-order chi connectivity index (χ1) is 7.00. The average Bonchev–Trinajstić information content (AvgIpc) is 2.14. The summed E-state index contributed by atoms with van der Waals surface area (Å²) in [6, 6.07) is 1.40. The maximum atomic E-state index is 11.5. The van der Waals surface area contributed by atoms with Crippen LogP contribution < -0.4 is 10.7 Å². The molecule has 1 amide bonds. The molecule has 80 valence electrons. The number of aryl methyl sites for hydroxylation is 1. The standard InChI is InChI=1S/C11H14N2O2/c1-7(2)5-13-11(15)9-6-12-8(3)4-10(9)14/h4,6H,1,5H2,2-3H3,(H,12,14)(H,13,15). The molecule has 0 radical (unpaired) electrons. The van der Waals surface area contributed by atoms with E-state index in [1.165, 1.54) is 12.3 Å². The molecule has 4 heteroatoms. The molecule has 0 aliphatic carbocycles. The summed E-state index contributed by atoms with van der Waals surface area (Å²) in [5.74, 6) is -0.376. The SMILES string of the molecule is C=C(C)CNC(=O)c1c[nH]c(C)cc1=O. The van der Waals surface area contributed by atoms with Gasteiger partial charge in [-0.1, -0.05) is 12.2 Å². The summed E-state index contributed by atoms with van der Waals surface area (Å²) >= 11 is 0. The fraction of sp³-hybridized carbons (Fsp3) is 0.273. The number of nitrogens with one attached hydrogen (secondary N) is 2. The van der Waals surface area contributed by atoms with E-state index in [0.717, 1.165) is 11.3 Å². The Hall–Kier alpha value is -1.84. The molecule has 0 aliphatic rings. The van der Waals surface area contributed by atoms with E-state index in [4.69, 9.17) is 0 Å². The number of aromatic amines is 1. The lowest BCUT2D eigenvalue weighted by Crippen LogP contribution is -2.29.